The lowest BCUT2D eigenvalue weighted by Crippen LogP contribution is -2.29. The average Bonchev–Trinajstić information content (AvgIpc) is 3.36. The van der Waals surface area contributed by atoms with E-state index in [1.165, 1.54) is 11.2 Å². The van der Waals surface area contributed by atoms with E-state index in [0.29, 0.717) is 22.3 Å². The number of hydrogen-bond donors (Lipinski definition) is 1. The van der Waals surface area contributed by atoms with Crippen molar-refractivity contribution < 1.29 is 19.1 Å². The number of benzene rings is 2. The van der Waals surface area contributed by atoms with Crippen LogP contribution in [-0.4, -0.2) is 21.7 Å². The van der Waals surface area contributed by atoms with Gasteiger partial charge < -0.3 is 14.4 Å². The second kappa shape index (κ2) is 8.44. The molecule has 1 unspecified atom stereocenters. The molecule has 1 aliphatic heterocycles. The second-order valence-corrected chi connectivity index (χ2v) is 8.27. The number of Topliss-reactive ketones (excluding diaryl/α,β-unsaturated/α-hetero) is 1. The smallest absolute Gasteiger partial charge is 0.296 e. The second-order valence-electron chi connectivity index (χ2n) is 7.83. The van der Waals surface area contributed by atoms with Gasteiger partial charge >= 0.3 is 0 Å². The van der Waals surface area contributed by atoms with E-state index in [1.807, 2.05) is 24.3 Å². The minimum absolute atomic E-state index is 0.0520. The highest BCUT2D eigenvalue weighted by Gasteiger charge is 2.46. The summed E-state index contributed by atoms with van der Waals surface area (Å²) >= 11 is 5.96. The zero-order chi connectivity index (χ0) is 22.1. The maximum absolute atomic E-state index is 13.0. The quantitative estimate of drug-likeness (QED) is 0.318. The van der Waals surface area contributed by atoms with E-state index >= 15 is 0 Å². The first-order chi connectivity index (χ1) is 14.9. The van der Waals surface area contributed by atoms with Gasteiger partial charge in [-0.1, -0.05) is 49.7 Å². The van der Waals surface area contributed by atoms with Gasteiger partial charge in [-0.15, -0.1) is 0 Å². The van der Waals surface area contributed by atoms with Crippen LogP contribution in [0.2, 0.25) is 5.02 Å². The van der Waals surface area contributed by atoms with Crippen LogP contribution in [-0.2, 0) is 16.1 Å². The van der Waals surface area contributed by atoms with Gasteiger partial charge in [0.1, 0.15) is 11.5 Å². The largest absolute Gasteiger partial charge is 0.507 e. The van der Waals surface area contributed by atoms with Crippen molar-refractivity contribution in [1.29, 1.82) is 0 Å². The van der Waals surface area contributed by atoms with Crippen molar-refractivity contribution in [2.75, 3.05) is 0 Å². The molecule has 0 saturated carbocycles. The Morgan fingerprint density at radius 1 is 1.06 bits per heavy atom. The van der Waals surface area contributed by atoms with Gasteiger partial charge in [-0.2, -0.15) is 0 Å². The molecule has 6 heteroatoms. The Hall–Kier alpha value is -3.31. The molecule has 0 spiro atoms. The number of carbonyl (C=O) groups excluding carboxylic acids is 2. The van der Waals surface area contributed by atoms with E-state index in [1.54, 1.807) is 36.4 Å². The number of aliphatic hydroxyl groups is 1. The normalized spacial score (nSPS) is 18.2. The molecule has 31 heavy (non-hydrogen) atoms. The first kappa shape index (κ1) is 20.9. The summed E-state index contributed by atoms with van der Waals surface area (Å²) < 4.78 is 5.41. The van der Waals surface area contributed by atoms with Crippen LogP contribution < -0.4 is 0 Å². The Kier molecular flexibility index (Phi) is 5.70. The molecule has 0 radical (unpaired) electrons. The summed E-state index contributed by atoms with van der Waals surface area (Å²) in [4.78, 5) is 27.4. The molecule has 0 aliphatic carbocycles. The molecular weight excluding hydrogens is 414 g/mol. The number of ketones is 1. The number of likely N-dealkylation sites (tertiary alicyclic amines) is 1. The van der Waals surface area contributed by atoms with Gasteiger partial charge in [-0.05, 0) is 53.4 Å². The molecule has 2 aromatic carbocycles. The Bertz CT molecular complexity index is 1130. The molecular formula is C25H22ClNO4. The molecule has 1 aromatic heterocycles. The molecule has 1 atom stereocenters. The molecule has 1 aliphatic rings. The van der Waals surface area contributed by atoms with Gasteiger partial charge in [0.2, 0.25) is 0 Å². The fourth-order valence-electron chi connectivity index (χ4n) is 3.79. The minimum atomic E-state index is -0.734. The molecule has 4 rings (SSSR count). The van der Waals surface area contributed by atoms with Crippen molar-refractivity contribution in [2.24, 2.45) is 0 Å². The number of carbonyl (C=O) groups is 2. The van der Waals surface area contributed by atoms with Crippen molar-refractivity contribution in [1.82, 2.24) is 4.90 Å². The number of hydrogen-bond acceptors (Lipinski definition) is 4. The van der Waals surface area contributed by atoms with Crippen LogP contribution in [0, 0.1) is 0 Å². The molecule has 1 amide bonds. The molecule has 2 heterocycles. The van der Waals surface area contributed by atoms with Crippen molar-refractivity contribution in [3.63, 3.8) is 0 Å². The van der Waals surface area contributed by atoms with Crippen LogP contribution in [0.15, 0.2) is 76.9 Å². The van der Waals surface area contributed by atoms with E-state index in [0.717, 1.165) is 11.1 Å². The summed E-state index contributed by atoms with van der Waals surface area (Å²) in [5.41, 5.74) is 2.36. The highest BCUT2D eigenvalue weighted by molar-refractivity contribution is 6.46. The Morgan fingerprint density at radius 3 is 2.32 bits per heavy atom. The maximum Gasteiger partial charge on any atom is 0.296 e. The Balaban J connectivity index is 1.84. The molecule has 1 saturated heterocycles. The predicted molar refractivity (Wildman–Crippen MR) is 119 cm³/mol. The fraction of sp³-hybridized carbons (Fsp3) is 0.200. The van der Waals surface area contributed by atoms with E-state index < -0.39 is 17.7 Å². The number of rotatable bonds is 5. The summed E-state index contributed by atoms with van der Waals surface area (Å²) in [6.07, 6.45) is 1.52. The monoisotopic (exact) mass is 435 g/mol. The zero-order valence-electron chi connectivity index (χ0n) is 17.2. The van der Waals surface area contributed by atoms with Gasteiger partial charge in [-0.3, -0.25) is 9.59 Å². The minimum Gasteiger partial charge on any atom is -0.507 e. The number of nitrogens with zero attached hydrogens (tertiary/aromatic N) is 1. The highest BCUT2D eigenvalue weighted by Crippen LogP contribution is 2.40. The van der Waals surface area contributed by atoms with Crippen LogP contribution in [0.4, 0.5) is 0 Å². The SMILES string of the molecule is CC(C)c1ccc(C2/C(=C(/O)c3ccc(Cl)cc3)C(=O)C(=O)N2Cc2ccco2)cc1. The molecule has 5 nitrogen and oxygen atoms in total. The molecule has 3 aromatic rings. The zero-order valence-corrected chi connectivity index (χ0v) is 18.0. The molecule has 158 valence electrons. The third-order valence-electron chi connectivity index (χ3n) is 5.48. The highest BCUT2D eigenvalue weighted by atomic mass is 35.5. The maximum atomic E-state index is 13.0. The standard InChI is InChI=1S/C25H22ClNO4/c1-15(2)16-5-7-17(8-6-16)22-21(23(28)18-9-11-19(26)12-10-18)24(29)25(30)27(22)14-20-4-3-13-31-20/h3-13,15,22,28H,14H2,1-2H3/b23-21-. The number of halogens is 1. The lowest BCUT2D eigenvalue weighted by molar-refractivity contribution is -0.140. The van der Waals surface area contributed by atoms with Crippen LogP contribution in [0.25, 0.3) is 5.76 Å². The summed E-state index contributed by atoms with van der Waals surface area (Å²) in [6, 6.07) is 17.0. The van der Waals surface area contributed by atoms with E-state index in [-0.39, 0.29) is 17.9 Å². The van der Waals surface area contributed by atoms with Crippen molar-refractivity contribution >= 4 is 29.1 Å². The first-order valence-corrected chi connectivity index (χ1v) is 10.4. The van der Waals surface area contributed by atoms with Gasteiger partial charge in [-0.25, -0.2) is 0 Å². The lowest BCUT2D eigenvalue weighted by Gasteiger charge is -2.25. The first-order valence-electron chi connectivity index (χ1n) is 10.0. The number of furan rings is 1. The van der Waals surface area contributed by atoms with Gasteiger partial charge in [0.15, 0.2) is 0 Å². The predicted octanol–water partition coefficient (Wildman–Crippen LogP) is 5.68. The molecule has 1 fully saturated rings. The number of aliphatic hydroxyl groups excluding tert-OH is 1. The molecule has 1 N–H and O–H groups in total. The lowest BCUT2D eigenvalue weighted by atomic mass is 9.93. The molecule has 0 bridgehead atoms. The fourth-order valence-corrected chi connectivity index (χ4v) is 3.91. The van der Waals surface area contributed by atoms with Crippen LogP contribution >= 0.6 is 11.6 Å². The van der Waals surface area contributed by atoms with Gasteiger partial charge in [0.25, 0.3) is 11.7 Å². The van der Waals surface area contributed by atoms with E-state index in [2.05, 4.69) is 13.8 Å². The van der Waals surface area contributed by atoms with Crippen LogP contribution in [0.3, 0.4) is 0 Å². The van der Waals surface area contributed by atoms with E-state index in [9.17, 15) is 14.7 Å². The van der Waals surface area contributed by atoms with Crippen molar-refractivity contribution in [2.45, 2.75) is 32.4 Å². The Morgan fingerprint density at radius 2 is 1.74 bits per heavy atom. The summed E-state index contributed by atoms with van der Waals surface area (Å²) in [5, 5.41) is 11.5. The van der Waals surface area contributed by atoms with Gasteiger partial charge in [0, 0.05) is 10.6 Å². The average molecular weight is 436 g/mol. The Labute approximate surface area is 185 Å². The third kappa shape index (κ3) is 4.01. The summed E-state index contributed by atoms with van der Waals surface area (Å²) in [5.74, 6) is -0.730. The summed E-state index contributed by atoms with van der Waals surface area (Å²) in [7, 11) is 0. The van der Waals surface area contributed by atoms with E-state index in [4.69, 9.17) is 16.0 Å². The van der Waals surface area contributed by atoms with Crippen LogP contribution in [0.1, 0.15) is 48.3 Å². The van der Waals surface area contributed by atoms with Crippen molar-refractivity contribution in [3.05, 3.63) is 100.0 Å². The van der Waals surface area contributed by atoms with Crippen molar-refractivity contribution in [3.8, 4) is 0 Å². The van der Waals surface area contributed by atoms with Crippen LogP contribution in [0.5, 0.6) is 0 Å². The topological polar surface area (TPSA) is 70.8 Å². The number of amides is 1. The summed E-state index contributed by atoms with van der Waals surface area (Å²) in [6.45, 7) is 4.31. The van der Waals surface area contributed by atoms with Gasteiger partial charge in [0.05, 0.1) is 24.4 Å². The third-order valence-corrected chi connectivity index (χ3v) is 5.73.